The molecule has 2 aromatic heterocycles. The molecular formula is C16H17ClN4O2. The predicted octanol–water partition coefficient (Wildman–Crippen LogP) is 1.32. The molecule has 23 heavy (non-hydrogen) atoms. The summed E-state index contributed by atoms with van der Waals surface area (Å²) in [7, 11) is 3.13. The second-order valence-corrected chi connectivity index (χ2v) is 5.87. The third-order valence-electron chi connectivity index (χ3n) is 3.98. The van der Waals surface area contributed by atoms with Crippen LogP contribution in [0.1, 0.15) is 0 Å². The van der Waals surface area contributed by atoms with Crippen LogP contribution in [0.5, 0.6) is 0 Å². The molecule has 120 valence electrons. The average molecular weight is 333 g/mol. The van der Waals surface area contributed by atoms with Crippen molar-refractivity contribution in [3.05, 3.63) is 56.3 Å². The third kappa shape index (κ3) is 2.40. The molecule has 0 spiro atoms. The van der Waals surface area contributed by atoms with Crippen molar-refractivity contribution < 1.29 is 0 Å². The Morgan fingerprint density at radius 1 is 1.17 bits per heavy atom. The van der Waals surface area contributed by atoms with Gasteiger partial charge in [-0.3, -0.25) is 13.9 Å². The lowest BCUT2D eigenvalue weighted by Crippen LogP contribution is -2.36. The molecule has 0 unspecified atom stereocenters. The van der Waals surface area contributed by atoms with Crippen LogP contribution >= 0.6 is 11.6 Å². The molecule has 6 nitrogen and oxygen atoms in total. The van der Waals surface area contributed by atoms with Gasteiger partial charge in [-0.1, -0.05) is 23.7 Å². The van der Waals surface area contributed by atoms with Crippen molar-refractivity contribution in [2.75, 3.05) is 6.54 Å². The molecule has 0 bridgehead atoms. The van der Waals surface area contributed by atoms with Gasteiger partial charge in [-0.25, -0.2) is 4.79 Å². The lowest BCUT2D eigenvalue weighted by atomic mass is 10.1. The van der Waals surface area contributed by atoms with Gasteiger partial charge in [0.25, 0.3) is 5.56 Å². The van der Waals surface area contributed by atoms with E-state index in [0.29, 0.717) is 29.0 Å². The molecule has 0 saturated heterocycles. The number of hydrogen-bond donors (Lipinski definition) is 1. The second-order valence-electron chi connectivity index (χ2n) is 5.44. The molecule has 0 fully saturated rings. The molecule has 0 aliphatic carbocycles. The molecule has 0 aliphatic heterocycles. The highest BCUT2D eigenvalue weighted by Gasteiger charge is 2.19. The van der Waals surface area contributed by atoms with E-state index in [-0.39, 0.29) is 11.2 Å². The molecule has 2 N–H and O–H groups in total. The summed E-state index contributed by atoms with van der Waals surface area (Å²) >= 11 is 6.10. The Balaban J connectivity index is 2.51. The van der Waals surface area contributed by atoms with E-state index < -0.39 is 0 Å². The lowest BCUT2D eigenvalue weighted by molar-refractivity contribution is 0.710. The Hall–Kier alpha value is -2.31. The van der Waals surface area contributed by atoms with Crippen LogP contribution in [0.2, 0.25) is 5.02 Å². The quantitative estimate of drug-likeness (QED) is 0.786. The fourth-order valence-corrected chi connectivity index (χ4v) is 3.04. The van der Waals surface area contributed by atoms with Gasteiger partial charge in [0.1, 0.15) is 0 Å². The zero-order valence-corrected chi connectivity index (χ0v) is 13.7. The van der Waals surface area contributed by atoms with Gasteiger partial charge in [0.15, 0.2) is 0 Å². The van der Waals surface area contributed by atoms with Crippen molar-refractivity contribution in [3.8, 4) is 11.3 Å². The number of aromatic nitrogens is 3. The minimum atomic E-state index is -0.356. The van der Waals surface area contributed by atoms with Crippen LogP contribution in [0.3, 0.4) is 0 Å². The minimum absolute atomic E-state index is 0.325. The van der Waals surface area contributed by atoms with Crippen LogP contribution in [-0.4, -0.2) is 20.2 Å². The van der Waals surface area contributed by atoms with E-state index in [1.54, 1.807) is 25.4 Å². The average Bonchev–Trinajstić information content (AvgIpc) is 2.91. The number of halogens is 1. The van der Waals surface area contributed by atoms with Crippen molar-refractivity contribution in [2.24, 2.45) is 19.8 Å². The molecule has 1 aromatic carbocycles. The molecule has 2 heterocycles. The number of fused-ring (bicyclic) bond motifs is 1. The van der Waals surface area contributed by atoms with E-state index in [1.165, 1.54) is 11.6 Å². The molecule has 3 aromatic rings. The van der Waals surface area contributed by atoms with Gasteiger partial charge in [-0.2, -0.15) is 0 Å². The fourth-order valence-electron chi connectivity index (χ4n) is 2.85. The molecule has 0 radical (unpaired) electrons. The van der Waals surface area contributed by atoms with Crippen molar-refractivity contribution in [2.45, 2.75) is 6.54 Å². The first kappa shape index (κ1) is 15.6. The molecule has 0 aliphatic rings. The highest BCUT2D eigenvalue weighted by atomic mass is 35.5. The zero-order valence-electron chi connectivity index (χ0n) is 12.9. The van der Waals surface area contributed by atoms with Crippen LogP contribution < -0.4 is 17.0 Å². The van der Waals surface area contributed by atoms with Crippen LogP contribution in [0.15, 0.2) is 40.1 Å². The molecule has 0 atom stereocenters. The van der Waals surface area contributed by atoms with Gasteiger partial charge in [-0.05, 0) is 12.1 Å². The second kappa shape index (κ2) is 5.72. The van der Waals surface area contributed by atoms with E-state index in [9.17, 15) is 9.59 Å². The Labute approximate surface area is 137 Å². The summed E-state index contributed by atoms with van der Waals surface area (Å²) in [6.07, 6.45) is 1.79. The molecule has 0 saturated carbocycles. The highest BCUT2D eigenvalue weighted by molar-refractivity contribution is 6.30. The first-order valence-electron chi connectivity index (χ1n) is 7.20. The zero-order chi connectivity index (χ0) is 16.7. The van der Waals surface area contributed by atoms with Gasteiger partial charge >= 0.3 is 5.69 Å². The van der Waals surface area contributed by atoms with Crippen LogP contribution in [0.25, 0.3) is 22.2 Å². The van der Waals surface area contributed by atoms with E-state index in [0.717, 1.165) is 15.8 Å². The van der Waals surface area contributed by atoms with Crippen molar-refractivity contribution >= 4 is 22.5 Å². The first-order valence-corrected chi connectivity index (χ1v) is 7.58. The number of hydrogen-bond acceptors (Lipinski definition) is 3. The van der Waals surface area contributed by atoms with E-state index in [2.05, 4.69) is 0 Å². The fraction of sp³-hybridized carbons (Fsp3) is 0.250. The van der Waals surface area contributed by atoms with E-state index in [1.807, 2.05) is 16.7 Å². The smallest absolute Gasteiger partial charge is 0.330 e. The molecule has 3 rings (SSSR count). The van der Waals surface area contributed by atoms with Crippen LogP contribution in [-0.2, 0) is 20.6 Å². The molecule has 7 heteroatoms. The predicted molar refractivity (Wildman–Crippen MR) is 91.9 cm³/mol. The number of benzene rings is 1. The Bertz CT molecular complexity index is 1010. The first-order chi connectivity index (χ1) is 11.0. The van der Waals surface area contributed by atoms with Crippen molar-refractivity contribution in [1.82, 2.24) is 13.7 Å². The molecular weight excluding hydrogens is 316 g/mol. The SMILES string of the molecule is Cn1c(=O)c2c(-c3cccc(Cl)c3)n(CCN)cc2n(C)c1=O. The maximum absolute atomic E-state index is 12.7. The normalized spacial score (nSPS) is 11.3. The van der Waals surface area contributed by atoms with E-state index >= 15 is 0 Å². The number of rotatable bonds is 3. The van der Waals surface area contributed by atoms with Crippen LogP contribution in [0.4, 0.5) is 0 Å². The largest absolute Gasteiger partial charge is 0.343 e. The lowest BCUT2D eigenvalue weighted by Gasteiger charge is -2.09. The monoisotopic (exact) mass is 332 g/mol. The summed E-state index contributed by atoms with van der Waals surface area (Å²) in [5.74, 6) is 0. The number of aryl methyl sites for hydroxylation is 1. The van der Waals surface area contributed by atoms with Gasteiger partial charge in [0.05, 0.1) is 16.6 Å². The molecule has 0 amide bonds. The maximum atomic E-state index is 12.7. The summed E-state index contributed by atoms with van der Waals surface area (Å²) in [5, 5.41) is 1.07. The van der Waals surface area contributed by atoms with E-state index in [4.69, 9.17) is 17.3 Å². The topological polar surface area (TPSA) is 75.0 Å². The number of nitrogens with two attached hydrogens (primary N) is 1. The van der Waals surface area contributed by atoms with Crippen molar-refractivity contribution in [3.63, 3.8) is 0 Å². The Morgan fingerprint density at radius 3 is 2.57 bits per heavy atom. The van der Waals surface area contributed by atoms with Gasteiger partial charge in [0, 0.05) is 44.0 Å². The number of nitrogens with zero attached hydrogens (tertiary/aromatic N) is 3. The summed E-state index contributed by atoms with van der Waals surface area (Å²) in [6.45, 7) is 0.955. The maximum Gasteiger partial charge on any atom is 0.330 e. The minimum Gasteiger partial charge on any atom is -0.343 e. The summed E-state index contributed by atoms with van der Waals surface area (Å²) < 4.78 is 4.48. The van der Waals surface area contributed by atoms with Crippen molar-refractivity contribution in [1.29, 1.82) is 0 Å². The van der Waals surface area contributed by atoms with Crippen LogP contribution in [0, 0.1) is 0 Å². The Morgan fingerprint density at radius 2 is 1.91 bits per heavy atom. The standard InChI is InChI=1S/C16H17ClN4O2/c1-19-12-9-21(7-6-18)14(10-4-3-5-11(17)8-10)13(12)15(22)20(2)16(19)23/h3-5,8-9H,6-7,18H2,1-2H3. The van der Waals surface area contributed by atoms with Gasteiger partial charge in [-0.15, -0.1) is 0 Å². The van der Waals surface area contributed by atoms with Gasteiger partial charge < -0.3 is 10.3 Å². The summed E-state index contributed by atoms with van der Waals surface area (Å²) in [4.78, 5) is 24.8. The highest BCUT2D eigenvalue weighted by Crippen LogP contribution is 2.29. The summed E-state index contributed by atoms with van der Waals surface area (Å²) in [6, 6.07) is 7.29. The summed E-state index contributed by atoms with van der Waals surface area (Å²) in [5.41, 5.74) is 7.14. The third-order valence-corrected chi connectivity index (χ3v) is 4.22. The van der Waals surface area contributed by atoms with Gasteiger partial charge in [0.2, 0.25) is 0 Å². The Kier molecular flexibility index (Phi) is 3.87.